The molecule has 0 saturated carbocycles. The summed E-state index contributed by atoms with van der Waals surface area (Å²) in [7, 11) is 0. The van der Waals surface area contributed by atoms with E-state index in [9.17, 15) is 4.79 Å². The molecule has 4 aromatic rings. The van der Waals surface area contributed by atoms with Crippen LogP contribution in [0.2, 0.25) is 0 Å². The first kappa shape index (κ1) is 23.4. The minimum atomic E-state index is -0.239. The zero-order chi connectivity index (χ0) is 24.0. The lowest BCUT2D eigenvalue weighted by molar-refractivity contribution is 0.0950. The SMILES string of the molecule is CC(C)(C)c1ccccc1Oc1ncccc1NCc1nnc(C(=O)NCc2ccccc2)s1. The highest BCUT2D eigenvalue weighted by Gasteiger charge is 2.20. The minimum Gasteiger partial charge on any atom is -0.437 e. The van der Waals surface area contributed by atoms with E-state index in [1.54, 1.807) is 6.20 Å². The maximum Gasteiger partial charge on any atom is 0.282 e. The zero-order valence-corrected chi connectivity index (χ0v) is 20.2. The Balaban J connectivity index is 1.40. The van der Waals surface area contributed by atoms with E-state index >= 15 is 0 Å². The van der Waals surface area contributed by atoms with Crippen LogP contribution in [0, 0.1) is 0 Å². The molecule has 174 valence electrons. The fraction of sp³-hybridized carbons (Fsp3) is 0.231. The van der Waals surface area contributed by atoms with Crippen LogP contribution in [0.1, 0.15) is 46.7 Å². The first-order valence-electron chi connectivity index (χ1n) is 11.0. The van der Waals surface area contributed by atoms with Gasteiger partial charge in [-0.1, -0.05) is 80.6 Å². The lowest BCUT2D eigenvalue weighted by atomic mass is 9.86. The highest BCUT2D eigenvalue weighted by molar-refractivity contribution is 7.13. The maximum atomic E-state index is 12.4. The molecule has 0 fully saturated rings. The van der Waals surface area contributed by atoms with Crippen LogP contribution in [0.5, 0.6) is 11.6 Å². The van der Waals surface area contributed by atoms with Crippen molar-refractivity contribution in [3.8, 4) is 11.6 Å². The number of benzene rings is 2. The molecule has 0 atom stereocenters. The topological polar surface area (TPSA) is 89.0 Å². The summed E-state index contributed by atoms with van der Waals surface area (Å²) in [5.74, 6) is 1.01. The Morgan fingerprint density at radius 2 is 1.71 bits per heavy atom. The van der Waals surface area contributed by atoms with E-state index in [2.05, 4.69) is 52.7 Å². The molecule has 0 aliphatic carbocycles. The molecule has 2 aromatic heterocycles. The molecule has 2 N–H and O–H groups in total. The van der Waals surface area contributed by atoms with Crippen molar-refractivity contribution < 1.29 is 9.53 Å². The van der Waals surface area contributed by atoms with Crippen LogP contribution < -0.4 is 15.4 Å². The predicted octanol–water partition coefficient (Wildman–Crippen LogP) is 5.57. The summed E-state index contributed by atoms with van der Waals surface area (Å²) in [6.07, 6.45) is 1.69. The molecular formula is C26H27N5O2S. The molecule has 8 heteroatoms. The van der Waals surface area contributed by atoms with E-state index in [1.807, 2.05) is 60.7 Å². The molecule has 34 heavy (non-hydrogen) atoms. The lowest BCUT2D eigenvalue weighted by Gasteiger charge is -2.22. The quantitative estimate of drug-likeness (QED) is 0.348. The van der Waals surface area contributed by atoms with Gasteiger partial charge in [0.1, 0.15) is 10.8 Å². The van der Waals surface area contributed by atoms with Gasteiger partial charge in [-0.2, -0.15) is 0 Å². The number of hydrogen-bond acceptors (Lipinski definition) is 7. The average Bonchev–Trinajstić information content (AvgIpc) is 3.32. The third-order valence-electron chi connectivity index (χ3n) is 5.06. The Morgan fingerprint density at radius 3 is 2.50 bits per heavy atom. The second kappa shape index (κ2) is 10.4. The monoisotopic (exact) mass is 473 g/mol. The highest BCUT2D eigenvalue weighted by atomic mass is 32.1. The Bertz CT molecular complexity index is 1250. The van der Waals surface area contributed by atoms with E-state index in [-0.39, 0.29) is 11.3 Å². The molecule has 7 nitrogen and oxygen atoms in total. The van der Waals surface area contributed by atoms with E-state index in [1.165, 1.54) is 11.3 Å². The molecule has 0 spiro atoms. The summed E-state index contributed by atoms with van der Waals surface area (Å²) in [5.41, 5.74) is 2.79. The second-order valence-electron chi connectivity index (χ2n) is 8.73. The van der Waals surface area contributed by atoms with Crippen molar-refractivity contribution in [2.24, 2.45) is 0 Å². The van der Waals surface area contributed by atoms with Crippen molar-refractivity contribution in [2.45, 2.75) is 39.3 Å². The molecule has 0 aliphatic rings. The van der Waals surface area contributed by atoms with Gasteiger partial charge in [0.2, 0.25) is 10.9 Å². The Hall–Kier alpha value is -3.78. The first-order valence-corrected chi connectivity index (χ1v) is 11.8. The fourth-order valence-electron chi connectivity index (χ4n) is 3.33. The summed E-state index contributed by atoms with van der Waals surface area (Å²) < 4.78 is 6.20. The van der Waals surface area contributed by atoms with Crippen LogP contribution in [0.15, 0.2) is 72.9 Å². The number of amides is 1. The van der Waals surface area contributed by atoms with Crippen molar-refractivity contribution in [3.05, 3.63) is 94.1 Å². The summed E-state index contributed by atoms with van der Waals surface area (Å²) in [4.78, 5) is 16.8. The number of nitrogens with one attached hydrogen (secondary N) is 2. The van der Waals surface area contributed by atoms with Crippen LogP contribution in [0.4, 0.5) is 5.69 Å². The number of carbonyl (C=O) groups is 1. The predicted molar refractivity (Wildman–Crippen MR) is 134 cm³/mol. The van der Waals surface area contributed by atoms with Crippen LogP contribution >= 0.6 is 11.3 Å². The minimum absolute atomic E-state index is 0.0665. The molecular weight excluding hydrogens is 446 g/mol. The van der Waals surface area contributed by atoms with Gasteiger partial charge in [-0.05, 0) is 29.2 Å². The van der Waals surface area contributed by atoms with E-state index in [0.29, 0.717) is 29.0 Å². The number of carbonyl (C=O) groups excluding carboxylic acids is 1. The van der Waals surface area contributed by atoms with Gasteiger partial charge in [0, 0.05) is 18.3 Å². The molecule has 0 unspecified atom stereocenters. The van der Waals surface area contributed by atoms with Crippen LogP contribution in [0.25, 0.3) is 0 Å². The van der Waals surface area contributed by atoms with Gasteiger partial charge in [-0.15, -0.1) is 10.2 Å². The van der Waals surface area contributed by atoms with Crippen molar-refractivity contribution in [2.75, 3.05) is 5.32 Å². The molecule has 1 amide bonds. The van der Waals surface area contributed by atoms with Crippen LogP contribution in [0.3, 0.4) is 0 Å². The standard InChI is InChI=1S/C26H27N5O2S/c1-26(2,3)19-12-7-8-14-21(19)33-24-20(13-9-15-27-24)28-17-22-30-31-25(34-22)23(32)29-16-18-10-5-4-6-11-18/h4-15,28H,16-17H2,1-3H3,(H,29,32). The molecule has 2 aromatic carbocycles. The lowest BCUT2D eigenvalue weighted by Crippen LogP contribution is -2.22. The number of rotatable bonds is 8. The Morgan fingerprint density at radius 1 is 0.941 bits per heavy atom. The third-order valence-corrected chi connectivity index (χ3v) is 5.98. The van der Waals surface area contributed by atoms with Crippen molar-refractivity contribution >= 4 is 22.9 Å². The van der Waals surface area contributed by atoms with Gasteiger partial charge in [0.15, 0.2) is 0 Å². The molecule has 2 heterocycles. The molecule has 0 radical (unpaired) electrons. The summed E-state index contributed by atoms with van der Waals surface area (Å²) in [6, 6.07) is 21.5. The van der Waals surface area contributed by atoms with Crippen LogP contribution in [-0.4, -0.2) is 21.1 Å². The van der Waals surface area contributed by atoms with Gasteiger partial charge in [0.05, 0.1) is 12.2 Å². The maximum absolute atomic E-state index is 12.4. The largest absolute Gasteiger partial charge is 0.437 e. The number of pyridine rings is 1. The van der Waals surface area contributed by atoms with Crippen molar-refractivity contribution in [1.82, 2.24) is 20.5 Å². The van der Waals surface area contributed by atoms with Gasteiger partial charge in [0.25, 0.3) is 5.91 Å². The summed E-state index contributed by atoms with van der Waals surface area (Å²) in [6.45, 7) is 7.29. The molecule has 4 rings (SSSR count). The Labute approximate surface area is 203 Å². The van der Waals surface area contributed by atoms with E-state index in [0.717, 1.165) is 22.6 Å². The smallest absolute Gasteiger partial charge is 0.282 e. The second-order valence-corrected chi connectivity index (χ2v) is 9.79. The van der Waals surface area contributed by atoms with E-state index < -0.39 is 0 Å². The molecule has 0 bridgehead atoms. The Kier molecular flexibility index (Phi) is 7.18. The number of hydrogen-bond donors (Lipinski definition) is 2. The van der Waals surface area contributed by atoms with Gasteiger partial charge < -0.3 is 15.4 Å². The summed E-state index contributed by atoms with van der Waals surface area (Å²) in [5, 5.41) is 15.4. The van der Waals surface area contributed by atoms with Gasteiger partial charge >= 0.3 is 0 Å². The van der Waals surface area contributed by atoms with Gasteiger partial charge in [-0.3, -0.25) is 4.79 Å². The molecule has 0 aliphatic heterocycles. The van der Waals surface area contributed by atoms with Gasteiger partial charge in [-0.25, -0.2) is 4.98 Å². The number of aromatic nitrogens is 3. The molecule has 0 saturated heterocycles. The fourth-order valence-corrected chi connectivity index (χ4v) is 4.02. The average molecular weight is 474 g/mol. The third kappa shape index (κ3) is 5.96. The number of para-hydroxylation sites is 1. The number of ether oxygens (including phenoxy) is 1. The summed E-state index contributed by atoms with van der Waals surface area (Å²) >= 11 is 1.25. The highest BCUT2D eigenvalue weighted by Crippen LogP contribution is 2.35. The van der Waals surface area contributed by atoms with Crippen molar-refractivity contribution in [3.63, 3.8) is 0 Å². The zero-order valence-electron chi connectivity index (χ0n) is 19.4. The van der Waals surface area contributed by atoms with Crippen molar-refractivity contribution in [1.29, 1.82) is 0 Å². The first-order chi connectivity index (χ1) is 16.4. The number of anilines is 1. The van der Waals surface area contributed by atoms with E-state index in [4.69, 9.17) is 4.74 Å². The normalized spacial score (nSPS) is 11.1. The number of nitrogens with zero attached hydrogens (tertiary/aromatic N) is 3. The van der Waals surface area contributed by atoms with Crippen LogP contribution in [-0.2, 0) is 18.5 Å².